The van der Waals surface area contributed by atoms with Gasteiger partial charge in [0.15, 0.2) is 0 Å². The zero-order chi connectivity index (χ0) is 31.5. The highest BCUT2D eigenvalue weighted by Crippen LogP contribution is 2.24. The van der Waals surface area contributed by atoms with Crippen LogP contribution in [0.2, 0.25) is 5.02 Å². The molecule has 4 aromatic carbocycles. The van der Waals surface area contributed by atoms with Crippen LogP contribution in [0.25, 0.3) is 0 Å². The molecule has 0 saturated heterocycles. The quantitative estimate of drug-likeness (QED) is 0.199. The van der Waals surface area contributed by atoms with E-state index in [1.54, 1.807) is 49.4 Å². The number of ether oxygens (including phenoxy) is 1. The molecule has 0 unspecified atom stereocenters. The van der Waals surface area contributed by atoms with Gasteiger partial charge in [-0.05, 0) is 60.0 Å². The number of sulfonamides is 1. The molecule has 4 rings (SSSR count). The van der Waals surface area contributed by atoms with E-state index in [9.17, 15) is 18.0 Å². The summed E-state index contributed by atoms with van der Waals surface area (Å²) >= 11 is 6.24. The highest BCUT2D eigenvalue weighted by molar-refractivity contribution is 7.92. The zero-order valence-corrected chi connectivity index (χ0v) is 26.3. The Morgan fingerprint density at radius 2 is 1.45 bits per heavy atom. The lowest BCUT2D eigenvalue weighted by atomic mass is 10.0. The number of nitrogens with zero attached hydrogens (tertiary/aromatic N) is 2. The molecule has 44 heavy (non-hydrogen) atoms. The van der Waals surface area contributed by atoms with Gasteiger partial charge < -0.3 is 15.0 Å². The Kier molecular flexibility index (Phi) is 11.4. The van der Waals surface area contributed by atoms with Crippen molar-refractivity contribution in [2.45, 2.75) is 32.5 Å². The molecule has 230 valence electrons. The predicted octanol–water partition coefficient (Wildman–Crippen LogP) is 5.46. The summed E-state index contributed by atoms with van der Waals surface area (Å²) in [6.45, 7) is 2.08. The maximum absolute atomic E-state index is 14.1. The summed E-state index contributed by atoms with van der Waals surface area (Å²) in [6, 6.07) is 31.7. The van der Waals surface area contributed by atoms with Gasteiger partial charge in [0.25, 0.3) is 0 Å². The fourth-order valence-corrected chi connectivity index (χ4v) is 5.80. The number of amides is 2. The largest absolute Gasteiger partial charge is 0.489 e. The first-order valence-corrected chi connectivity index (χ1v) is 16.5. The minimum absolute atomic E-state index is 0.0535. The SMILES string of the molecule is CCNC(=O)[C@@H](Cc1ccccc1)N(Cc1cccc(Cl)c1)C(=O)CN(c1ccc(OCc2ccccc2)cc1)S(C)(=O)=O. The van der Waals surface area contributed by atoms with Crippen LogP contribution in [0.5, 0.6) is 5.75 Å². The van der Waals surface area contributed by atoms with Gasteiger partial charge in [-0.2, -0.15) is 0 Å². The summed E-state index contributed by atoms with van der Waals surface area (Å²) < 4.78 is 32.9. The Balaban J connectivity index is 1.63. The Labute approximate surface area is 264 Å². The van der Waals surface area contributed by atoms with Gasteiger partial charge >= 0.3 is 0 Å². The van der Waals surface area contributed by atoms with Crippen LogP contribution in [0, 0.1) is 0 Å². The second-order valence-electron chi connectivity index (χ2n) is 10.3. The van der Waals surface area contributed by atoms with Crippen LogP contribution in [0.1, 0.15) is 23.6 Å². The van der Waals surface area contributed by atoms with Crippen LogP contribution in [-0.2, 0) is 39.2 Å². The summed E-state index contributed by atoms with van der Waals surface area (Å²) in [7, 11) is -3.89. The molecule has 0 aliphatic carbocycles. The van der Waals surface area contributed by atoms with E-state index in [-0.39, 0.29) is 18.9 Å². The first kappa shape index (κ1) is 32.6. The van der Waals surface area contributed by atoms with Crippen LogP contribution >= 0.6 is 11.6 Å². The lowest BCUT2D eigenvalue weighted by molar-refractivity contribution is -0.140. The van der Waals surface area contributed by atoms with Crippen molar-refractivity contribution in [2.24, 2.45) is 0 Å². The minimum atomic E-state index is -3.89. The molecular weight excluding hydrogens is 598 g/mol. The normalized spacial score (nSPS) is 11.8. The van der Waals surface area contributed by atoms with Crippen molar-refractivity contribution >= 4 is 39.1 Å². The smallest absolute Gasteiger partial charge is 0.244 e. The highest BCUT2D eigenvalue weighted by Gasteiger charge is 2.33. The van der Waals surface area contributed by atoms with E-state index in [4.69, 9.17) is 16.3 Å². The van der Waals surface area contributed by atoms with Gasteiger partial charge in [-0.1, -0.05) is 84.4 Å². The van der Waals surface area contributed by atoms with Crippen molar-refractivity contribution in [3.05, 3.63) is 131 Å². The summed E-state index contributed by atoms with van der Waals surface area (Å²) in [5, 5.41) is 3.32. The Hall–Kier alpha value is -4.34. The molecule has 0 aliphatic heterocycles. The molecule has 0 bridgehead atoms. The van der Waals surface area contributed by atoms with E-state index in [1.165, 1.54) is 4.90 Å². The predicted molar refractivity (Wildman–Crippen MR) is 174 cm³/mol. The topological polar surface area (TPSA) is 96.0 Å². The third-order valence-electron chi connectivity index (χ3n) is 6.92. The molecule has 1 N–H and O–H groups in total. The molecule has 0 aliphatic rings. The number of rotatable bonds is 14. The average molecular weight is 634 g/mol. The van der Waals surface area contributed by atoms with Gasteiger partial charge in [0.05, 0.1) is 11.9 Å². The second kappa shape index (κ2) is 15.4. The molecule has 0 aromatic heterocycles. The van der Waals surface area contributed by atoms with Gasteiger partial charge in [0.1, 0.15) is 24.9 Å². The lowest BCUT2D eigenvalue weighted by Crippen LogP contribution is -2.53. The number of anilines is 1. The van der Waals surface area contributed by atoms with Crippen LogP contribution < -0.4 is 14.4 Å². The first-order chi connectivity index (χ1) is 21.1. The van der Waals surface area contributed by atoms with Crippen molar-refractivity contribution in [2.75, 3.05) is 23.7 Å². The number of benzene rings is 4. The lowest BCUT2D eigenvalue weighted by Gasteiger charge is -2.33. The first-order valence-electron chi connectivity index (χ1n) is 14.2. The third kappa shape index (κ3) is 9.33. The molecule has 8 nitrogen and oxygen atoms in total. The summed E-state index contributed by atoms with van der Waals surface area (Å²) in [4.78, 5) is 29.0. The molecule has 1 atom stereocenters. The van der Waals surface area contributed by atoms with E-state index < -0.39 is 28.5 Å². The standard InChI is InChI=1S/C34H36ClN3O5S/c1-3-36-34(40)32(22-26-11-6-4-7-12-26)37(23-28-15-10-16-29(35)21-28)33(39)24-38(44(2,41)42)30-17-19-31(20-18-30)43-25-27-13-8-5-9-14-27/h4-21,32H,3,22-25H2,1-2H3,(H,36,40)/t32-/m1/s1. The number of hydrogen-bond acceptors (Lipinski definition) is 5. The van der Waals surface area contributed by atoms with Crippen molar-refractivity contribution < 1.29 is 22.7 Å². The number of halogens is 1. The van der Waals surface area contributed by atoms with Gasteiger partial charge in [0.2, 0.25) is 21.8 Å². The summed E-state index contributed by atoms with van der Waals surface area (Å²) in [6.07, 6.45) is 1.29. The van der Waals surface area contributed by atoms with Crippen molar-refractivity contribution in [3.63, 3.8) is 0 Å². The van der Waals surface area contributed by atoms with Crippen LogP contribution in [-0.4, -0.2) is 50.5 Å². The second-order valence-corrected chi connectivity index (χ2v) is 12.6. The third-order valence-corrected chi connectivity index (χ3v) is 8.29. The van der Waals surface area contributed by atoms with E-state index in [1.807, 2.05) is 66.7 Å². The number of nitrogens with one attached hydrogen (secondary N) is 1. The molecule has 2 amide bonds. The van der Waals surface area contributed by atoms with Crippen LogP contribution in [0.4, 0.5) is 5.69 Å². The van der Waals surface area contributed by atoms with Crippen LogP contribution in [0.3, 0.4) is 0 Å². The monoisotopic (exact) mass is 633 g/mol. The Morgan fingerprint density at radius 1 is 0.841 bits per heavy atom. The fourth-order valence-electron chi connectivity index (χ4n) is 4.74. The molecule has 4 aromatic rings. The van der Waals surface area contributed by atoms with E-state index >= 15 is 0 Å². The van der Waals surface area contributed by atoms with Crippen LogP contribution in [0.15, 0.2) is 109 Å². The fraction of sp³-hybridized carbons (Fsp3) is 0.235. The molecule has 0 fully saturated rings. The summed E-state index contributed by atoms with van der Waals surface area (Å²) in [5.74, 6) is -0.316. The Bertz CT molecular complexity index is 1630. The van der Waals surface area contributed by atoms with Gasteiger partial charge in [0, 0.05) is 24.5 Å². The van der Waals surface area contributed by atoms with E-state index in [2.05, 4.69) is 5.32 Å². The average Bonchev–Trinajstić information content (AvgIpc) is 3.01. The van der Waals surface area contributed by atoms with Crippen molar-refractivity contribution in [3.8, 4) is 5.75 Å². The summed E-state index contributed by atoms with van der Waals surface area (Å²) in [5.41, 5.74) is 2.86. The molecule has 0 radical (unpaired) electrons. The maximum Gasteiger partial charge on any atom is 0.244 e. The molecule has 0 spiro atoms. The zero-order valence-electron chi connectivity index (χ0n) is 24.7. The minimum Gasteiger partial charge on any atom is -0.489 e. The molecule has 10 heteroatoms. The van der Waals surface area contributed by atoms with Gasteiger partial charge in [-0.25, -0.2) is 8.42 Å². The number of hydrogen-bond donors (Lipinski definition) is 1. The number of carbonyl (C=O) groups is 2. The van der Waals surface area contributed by atoms with E-state index in [0.29, 0.717) is 35.2 Å². The Morgan fingerprint density at radius 3 is 2.05 bits per heavy atom. The van der Waals surface area contributed by atoms with Gasteiger partial charge in [-0.15, -0.1) is 0 Å². The van der Waals surface area contributed by atoms with Crippen molar-refractivity contribution in [1.82, 2.24) is 10.2 Å². The highest BCUT2D eigenvalue weighted by atomic mass is 35.5. The van der Waals surface area contributed by atoms with Crippen molar-refractivity contribution in [1.29, 1.82) is 0 Å². The molecule has 0 heterocycles. The van der Waals surface area contributed by atoms with Gasteiger partial charge in [-0.3, -0.25) is 13.9 Å². The number of likely N-dealkylation sites (N-methyl/N-ethyl adjacent to an activating group) is 1. The van der Waals surface area contributed by atoms with E-state index in [0.717, 1.165) is 21.7 Å². The molecule has 0 saturated carbocycles. The molecular formula is C34H36ClN3O5S. The number of carbonyl (C=O) groups excluding carboxylic acids is 2. The maximum atomic E-state index is 14.1.